The molecule has 1 N–H and O–H groups in total. The molecule has 0 bridgehead atoms. The first kappa shape index (κ1) is 17.8. The third kappa shape index (κ3) is 2.89. The number of carbonyl (C=O) groups is 2. The fourth-order valence-electron chi connectivity index (χ4n) is 3.43. The smallest absolute Gasteiger partial charge is 0.332 e. The molecule has 2 unspecified atom stereocenters. The van der Waals surface area contributed by atoms with Gasteiger partial charge in [-0.2, -0.15) is 0 Å². The maximum atomic E-state index is 12.8. The number of hydrogen-bond acceptors (Lipinski definition) is 5. The summed E-state index contributed by atoms with van der Waals surface area (Å²) in [4.78, 5) is 54.1. The van der Waals surface area contributed by atoms with Crippen LogP contribution < -0.4 is 11.2 Å². The molecule has 2 aromatic rings. The molecule has 1 saturated heterocycles. The fourth-order valence-corrected chi connectivity index (χ4v) is 3.43. The highest BCUT2D eigenvalue weighted by Gasteiger charge is 2.32. The number of piperidine rings is 1. The number of nitrogens with zero attached hydrogens (tertiary/aromatic N) is 4. The monoisotopic (exact) mass is 360 g/mol. The maximum absolute atomic E-state index is 12.8. The SMILES string of the molecule is CC1CC(C(=O)O)CN(C(=O)c2ccc3c(=O)n(C)c(=O)n(C)c3n2)C1. The Morgan fingerprint density at radius 1 is 1.15 bits per heavy atom. The van der Waals surface area contributed by atoms with Gasteiger partial charge < -0.3 is 10.0 Å². The van der Waals surface area contributed by atoms with E-state index in [1.54, 1.807) is 0 Å². The number of pyridine rings is 1. The van der Waals surface area contributed by atoms with E-state index in [4.69, 9.17) is 0 Å². The number of likely N-dealkylation sites (tertiary alicyclic amines) is 1. The number of carbonyl (C=O) groups excluding carboxylic acids is 1. The Morgan fingerprint density at radius 2 is 1.85 bits per heavy atom. The highest BCUT2D eigenvalue weighted by atomic mass is 16.4. The number of aliphatic carboxylic acids is 1. The molecule has 2 aromatic heterocycles. The van der Waals surface area contributed by atoms with E-state index in [1.807, 2.05) is 6.92 Å². The maximum Gasteiger partial charge on any atom is 0.332 e. The quantitative estimate of drug-likeness (QED) is 0.794. The molecule has 1 aliphatic heterocycles. The number of fused-ring (bicyclic) bond motifs is 1. The lowest BCUT2D eigenvalue weighted by Crippen LogP contribution is -2.46. The molecule has 9 heteroatoms. The Hall–Kier alpha value is -2.97. The minimum absolute atomic E-state index is 0.0610. The van der Waals surface area contributed by atoms with Crippen molar-refractivity contribution in [1.82, 2.24) is 19.0 Å². The third-order valence-electron chi connectivity index (χ3n) is 4.82. The van der Waals surface area contributed by atoms with E-state index >= 15 is 0 Å². The summed E-state index contributed by atoms with van der Waals surface area (Å²) >= 11 is 0. The van der Waals surface area contributed by atoms with Crippen LogP contribution in [0.3, 0.4) is 0 Å². The number of amides is 1. The van der Waals surface area contributed by atoms with Crippen LogP contribution in [0, 0.1) is 11.8 Å². The number of carboxylic acids is 1. The van der Waals surface area contributed by atoms with Crippen molar-refractivity contribution in [3.63, 3.8) is 0 Å². The van der Waals surface area contributed by atoms with Crippen molar-refractivity contribution in [2.75, 3.05) is 13.1 Å². The third-order valence-corrected chi connectivity index (χ3v) is 4.82. The fraction of sp³-hybridized carbons (Fsp3) is 0.471. The molecule has 1 fully saturated rings. The Labute approximate surface area is 148 Å². The van der Waals surface area contributed by atoms with Crippen molar-refractivity contribution in [3.8, 4) is 0 Å². The standard InChI is InChI=1S/C17H20N4O5/c1-9-6-10(16(24)25)8-21(7-9)15(23)12-5-4-11-13(18-12)19(2)17(26)20(3)14(11)22/h4-5,9-10H,6-8H2,1-3H3,(H,24,25). The summed E-state index contributed by atoms with van der Waals surface area (Å²) in [5.41, 5.74) is -0.799. The Bertz CT molecular complexity index is 1020. The molecule has 0 radical (unpaired) electrons. The number of aryl methyl sites for hydroxylation is 1. The number of hydrogen-bond donors (Lipinski definition) is 1. The first-order valence-corrected chi connectivity index (χ1v) is 8.29. The molecule has 26 heavy (non-hydrogen) atoms. The largest absolute Gasteiger partial charge is 0.481 e. The molecule has 0 aliphatic carbocycles. The van der Waals surface area contributed by atoms with Gasteiger partial charge in [-0.15, -0.1) is 0 Å². The molecule has 2 atom stereocenters. The van der Waals surface area contributed by atoms with Crippen LogP contribution in [-0.4, -0.2) is 49.1 Å². The van der Waals surface area contributed by atoms with E-state index in [2.05, 4.69) is 4.98 Å². The Kier molecular flexibility index (Phi) is 4.39. The van der Waals surface area contributed by atoms with Gasteiger partial charge in [-0.05, 0) is 24.5 Å². The van der Waals surface area contributed by atoms with Crippen LogP contribution in [0.15, 0.2) is 21.7 Å². The highest BCUT2D eigenvalue weighted by molar-refractivity contribution is 5.94. The van der Waals surface area contributed by atoms with Crippen LogP contribution in [-0.2, 0) is 18.9 Å². The lowest BCUT2D eigenvalue weighted by molar-refractivity contribution is -0.143. The summed E-state index contributed by atoms with van der Waals surface area (Å²) in [7, 11) is 2.86. The summed E-state index contributed by atoms with van der Waals surface area (Å²) in [6.07, 6.45) is 0.523. The van der Waals surface area contributed by atoms with Crippen LogP contribution >= 0.6 is 0 Å². The molecule has 0 aromatic carbocycles. The van der Waals surface area contributed by atoms with E-state index in [-0.39, 0.29) is 29.2 Å². The van der Waals surface area contributed by atoms with Crippen LogP contribution in [0.1, 0.15) is 23.8 Å². The zero-order valence-electron chi connectivity index (χ0n) is 14.8. The van der Waals surface area contributed by atoms with Gasteiger partial charge in [0.15, 0.2) is 0 Å². The predicted octanol–water partition coefficient (Wildman–Crippen LogP) is -0.185. The topological polar surface area (TPSA) is 115 Å². The van der Waals surface area contributed by atoms with Crippen LogP contribution in [0.2, 0.25) is 0 Å². The minimum Gasteiger partial charge on any atom is -0.481 e. The van der Waals surface area contributed by atoms with Crippen LogP contribution in [0.4, 0.5) is 0 Å². The lowest BCUT2D eigenvalue weighted by Gasteiger charge is -2.34. The average molecular weight is 360 g/mol. The van der Waals surface area contributed by atoms with Gasteiger partial charge in [0, 0.05) is 27.2 Å². The van der Waals surface area contributed by atoms with E-state index in [1.165, 1.54) is 35.7 Å². The van der Waals surface area contributed by atoms with Crippen molar-refractivity contribution in [1.29, 1.82) is 0 Å². The van der Waals surface area contributed by atoms with Gasteiger partial charge >= 0.3 is 11.7 Å². The molecule has 3 heterocycles. The molecule has 3 rings (SSSR count). The van der Waals surface area contributed by atoms with Crippen molar-refractivity contribution >= 4 is 22.9 Å². The molecule has 0 spiro atoms. The lowest BCUT2D eigenvalue weighted by atomic mass is 9.90. The summed E-state index contributed by atoms with van der Waals surface area (Å²) in [6, 6.07) is 2.91. The second-order valence-corrected chi connectivity index (χ2v) is 6.86. The first-order chi connectivity index (χ1) is 12.2. The number of carboxylic acid groups (broad SMARTS) is 1. The van der Waals surface area contributed by atoms with Gasteiger partial charge in [-0.3, -0.25) is 23.5 Å². The molecule has 9 nitrogen and oxygen atoms in total. The van der Waals surface area contributed by atoms with Crippen molar-refractivity contribution in [2.45, 2.75) is 13.3 Å². The molecular weight excluding hydrogens is 340 g/mol. The Morgan fingerprint density at radius 3 is 2.50 bits per heavy atom. The highest BCUT2D eigenvalue weighted by Crippen LogP contribution is 2.23. The van der Waals surface area contributed by atoms with Gasteiger partial charge in [-0.1, -0.05) is 6.92 Å². The molecule has 1 aliphatic rings. The molecule has 138 valence electrons. The second-order valence-electron chi connectivity index (χ2n) is 6.86. The van der Waals surface area contributed by atoms with Gasteiger partial charge in [0.05, 0.1) is 11.3 Å². The molecule has 0 saturated carbocycles. The van der Waals surface area contributed by atoms with Crippen LogP contribution in [0.25, 0.3) is 11.0 Å². The van der Waals surface area contributed by atoms with Gasteiger partial charge in [-0.25, -0.2) is 9.78 Å². The second kappa shape index (κ2) is 6.40. The summed E-state index contributed by atoms with van der Waals surface area (Å²) in [5.74, 6) is -1.88. The Balaban J connectivity index is 2.03. The first-order valence-electron chi connectivity index (χ1n) is 8.29. The zero-order chi connectivity index (χ0) is 19.2. The van der Waals surface area contributed by atoms with E-state index in [0.717, 1.165) is 4.57 Å². The number of aromatic nitrogens is 3. The van der Waals surface area contributed by atoms with Gasteiger partial charge in [0.1, 0.15) is 11.3 Å². The van der Waals surface area contributed by atoms with E-state index in [9.17, 15) is 24.3 Å². The van der Waals surface area contributed by atoms with E-state index < -0.39 is 29.0 Å². The normalized spacial score (nSPS) is 20.3. The van der Waals surface area contributed by atoms with E-state index in [0.29, 0.717) is 13.0 Å². The van der Waals surface area contributed by atoms with Crippen molar-refractivity contribution < 1.29 is 14.7 Å². The van der Waals surface area contributed by atoms with Crippen molar-refractivity contribution in [2.24, 2.45) is 25.9 Å². The van der Waals surface area contributed by atoms with Crippen molar-refractivity contribution in [3.05, 3.63) is 38.7 Å². The summed E-state index contributed by atoms with van der Waals surface area (Å²) < 4.78 is 2.20. The summed E-state index contributed by atoms with van der Waals surface area (Å²) in [5, 5.41) is 9.50. The average Bonchev–Trinajstić information content (AvgIpc) is 2.63. The molecule has 1 amide bonds. The summed E-state index contributed by atoms with van der Waals surface area (Å²) in [6.45, 7) is 2.46. The zero-order valence-corrected chi connectivity index (χ0v) is 14.8. The van der Waals surface area contributed by atoms with Gasteiger partial charge in [0.25, 0.3) is 11.5 Å². The number of rotatable bonds is 2. The minimum atomic E-state index is -0.924. The predicted molar refractivity (Wildman–Crippen MR) is 93.0 cm³/mol. The molecular formula is C17H20N4O5. The van der Waals surface area contributed by atoms with Crippen LogP contribution in [0.5, 0.6) is 0 Å². The van der Waals surface area contributed by atoms with Gasteiger partial charge in [0.2, 0.25) is 0 Å².